The normalized spacial score (nSPS) is 30.2. The minimum atomic E-state index is -2.38. The summed E-state index contributed by atoms with van der Waals surface area (Å²) in [6.07, 6.45) is 5.20. The van der Waals surface area contributed by atoms with Gasteiger partial charge in [-0.25, -0.2) is 8.78 Å². The third kappa shape index (κ3) is 2.25. The van der Waals surface area contributed by atoms with Gasteiger partial charge in [-0.1, -0.05) is 19.8 Å². The van der Waals surface area contributed by atoms with Gasteiger partial charge in [0.1, 0.15) is 0 Å². The number of halogens is 2. The topological polar surface area (TPSA) is 12.0 Å². The number of hydrogen-bond donors (Lipinski definition) is 1. The van der Waals surface area contributed by atoms with Crippen molar-refractivity contribution in [3.63, 3.8) is 0 Å². The molecule has 2 aliphatic carbocycles. The van der Waals surface area contributed by atoms with Gasteiger partial charge in [0.15, 0.2) is 0 Å². The second-order valence-corrected chi connectivity index (χ2v) is 5.36. The fraction of sp³-hybridized carbons (Fsp3) is 1.00. The first-order chi connectivity index (χ1) is 6.49. The molecule has 1 N–H and O–H groups in total. The minimum absolute atomic E-state index is 0.0447. The lowest BCUT2D eigenvalue weighted by atomic mass is 9.84. The predicted molar refractivity (Wildman–Crippen MR) is 52.5 cm³/mol. The average molecular weight is 203 g/mol. The summed E-state index contributed by atoms with van der Waals surface area (Å²) in [5.41, 5.74) is 0.380. The molecule has 2 aliphatic rings. The van der Waals surface area contributed by atoms with E-state index in [4.69, 9.17) is 0 Å². The van der Waals surface area contributed by atoms with Crippen LogP contribution >= 0.6 is 0 Å². The molecular weight excluding hydrogens is 184 g/mol. The van der Waals surface area contributed by atoms with E-state index < -0.39 is 5.92 Å². The maximum atomic E-state index is 12.5. The van der Waals surface area contributed by atoms with Gasteiger partial charge < -0.3 is 5.32 Å². The Kier molecular flexibility index (Phi) is 2.54. The Balaban J connectivity index is 1.68. The molecule has 82 valence electrons. The highest BCUT2D eigenvalue weighted by atomic mass is 19.3. The maximum absolute atomic E-state index is 12.5. The van der Waals surface area contributed by atoms with Crippen LogP contribution in [0.4, 0.5) is 8.78 Å². The highest BCUT2D eigenvalue weighted by molar-refractivity contribution is 4.93. The van der Waals surface area contributed by atoms with Gasteiger partial charge in [0.2, 0.25) is 0 Å². The van der Waals surface area contributed by atoms with Crippen molar-refractivity contribution in [2.45, 2.75) is 57.4 Å². The van der Waals surface area contributed by atoms with Crippen molar-refractivity contribution in [3.8, 4) is 0 Å². The molecular formula is C11H19F2N. The Morgan fingerprint density at radius 3 is 2.29 bits per heavy atom. The molecule has 0 saturated heterocycles. The van der Waals surface area contributed by atoms with Crippen LogP contribution < -0.4 is 5.32 Å². The molecule has 0 spiro atoms. The van der Waals surface area contributed by atoms with Gasteiger partial charge in [-0.05, 0) is 18.3 Å². The summed E-state index contributed by atoms with van der Waals surface area (Å²) >= 11 is 0. The lowest BCUT2D eigenvalue weighted by Crippen LogP contribution is -2.50. The van der Waals surface area contributed by atoms with Crippen molar-refractivity contribution in [1.29, 1.82) is 0 Å². The van der Waals surface area contributed by atoms with Gasteiger partial charge in [0.25, 0.3) is 5.92 Å². The van der Waals surface area contributed by atoms with E-state index in [-0.39, 0.29) is 18.9 Å². The van der Waals surface area contributed by atoms with Crippen LogP contribution in [0.2, 0.25) is 0 Å². The van der Waals surface area contributed by atoms with Crippen LogP contribution in [-0.4, -0.2) is 18.5 Å². The first-order valence-corrected chi connectivity index (χ1v) is 5.60. The van der Waals surface area contributed by atoms with Crippen LogP contribution in [0.15, 0.2) is 0 Å². The van der Waals surface area contributed by atoms with Crippen LogP contribution in [0, 0.1) is 5.41 Å². The zero-order valence-electron chi connectivity index (χ0n) is 8.78. The summed E-state index contributed by atoms with van der Waals surface area (Å²) in [4.78, 5) is 0. The summed E-state index contributed by atoms with van der Waals surface area (Å²) in [6.45, 7) is 3.19. The quantitative estimate of drug-likeness (QED) is 0.743. The fourth-order valence-electron chi connectivity index (χ4n) is 2.60. The zero-order chi connectivity index (χ0) is 10.2. The second-order valence-electron chi connectivity index (χ2n) is 5.36. The molecule has 0 heterocycles. The van der Waals surface area contributed by atoms with E-state index in [1.807, 2.05) is 0 Å². The molecule has 0 aliphatic heterocycles. The Labute approximate surface area is 84.3 Å². The van der Waals surface area contributed by atoms with Crippen LogP contribution in [0.25, 0.3) is 0 Å². The van der Waals surface area contributed by atoms with Crippen LogP contribution in [-0.2, 0) is 0 Å². The lowest BCUT2D eigenvalue weighted by molar-refractivity contribution is -0.0940. The second kappa shape index (κ2) is 3.44. The molecule has 0 aromatic rings. The molecule has 3 heteroatoms. The Bertz CT molecular complexity index is 201. The smallest absolute Gasteiger partial charge is 0.251 e. The average Bonchev–Trinajstić information content (AvgIpc) is 2.45. The molecule has 2 saturated carbocycles. The number of alkyl halides is 2. The minimum Gasteiger partial charge on any atom is -0.313 e. The highest BCUT2D eigenvalue weighted by Crippen LogP contribution is 2.40. The summed E-state index contributed by atoms with van der Waals surface area (Å²) in [5, 5.41) is 3.28. The maximum Gasteiger partial charge on any atom is 0.251 e. The summed E-state index contributed by atoms with van der Waals surface area (Å²) in [6, 6.07) is 0.0717. The number of rotatable bonds is 3. The first-order valence-electron chi connectivity index (χ1n) is 5.60. The van der Waals surface area contributed by atoms with Gasteiger partial charge in [0.05, 0.1) is 0 Å². The van der Waals surface area contributed by atoms with Crippen LogP contribution in [0.5, 0.6) is 0 Å². The molecule has 0 aromatic heterocycles. The van der Waals surface area contributed by atoms with E-state index in [0.29, 0.717) is 5.41 Å². The van der Waals surface area contributed by atoms with E-state index in [1.165, 1.54) is 25.7 Å². The molecule has 0 unspecified atom stereocenters. The highest BCUT2D eigenvalue weighted by Gasteiger charge is 2.45. The van der Waals surface area contributed by atoms with Gasteiger partial charge in [-0.3, -0.25) is 0 Å². The third-order valence-corrected chi connectivity index (χ3v) is 3.72. The van der Waals surface area contributed by atoms with E-state index >= 15 is 0 Å². The van der Waals surface area contributed by atoms with Gasteiger partial charge in [-0.15, -0.1) is 0 Å². The van der Waals surface area contributed by atoms with Gasteiger partial charge in [0, 0.05) is 25.4 Å². The molecule has 0 radical (unpaired) electrons. The first kappa shape index (κ1) is 10.3. The predicted octanol–water partition coefficient (Wildman–Crippen LogP) is 2.95. The van der Waals surface area contributed by atoms with E-state index in [9.17, 15) is 8.78 Å². The molecule has 2 fully saturated rings. The van der Waals surface area contributed by atoms with E-state index in [2.05, 4.69) is 12.2 Å². The van der Waals surface area contributed by atoms with Crippen molar-refractivity contribution in [2.75, 3.05) is 6.54 Å². The summed E-state index contributed by atoms with van der Waals surface area (Å²) in [7, 11) is 0. The summed E-state index contributed by atoms with van der Waals surface area (Å²) < 4.78 is 25.1. The molecule has 0 atom stereocenters. The Morgan fingerprint density at radius 1 is 1.21 bits per heavy atom. The molecule has 1 nitrogen and oxygen atoms in total. The largest absolute Gasteiger partial charge is 0.313 e. The number of nitrogens with one attached hydrogen (secondary N) is 1. The van der Waals surface area contributed by atoms with Gasteiger partial charge >= 0.3 is 0 Å². The van der Waals surface area contributed by atoms with Crippen molar-refractivity contribution >= 4 is 0 Å². The Morgan fingerprint density at radius 2 is 1.79 bits per heavy atom. The Hall–Kier alpha value is -0.180. The van der Waals surface area contributed by atoms with Crippen molar-refractivity contribution in [3.05, 3.63) is 0 Å². The summed E-state index contributed by atoms with van der Waals surface area (Å²) in [5.74, 6) is -2.38. The fourth-order valence-corrected chi connectivity index (χ4v) is 2.60. The van der Waals surface area contributed by atoms with Crippen LogP contribution in [0.3, 0.4) is 0 Å². The number of hydrogen-bond acceptors (Lipinski definition) is 1. The van der Waals surface area contributed by atoms with Crippen LogP contribution in [0.1, 0.15) is 45.4 Å². The molecule has 2 rings (SSSR count). The third-order valence-electron chi connectivity index (χ3n) is 3.72. The molecule has 0 bridgehead atoms. The van der Waals surface area contributed by atoms with Crippen molar-refractivity contribution in [1.82, 2.24) is 5.32 Å². The zero-order valence-corrected chi connectivity index (χ0v) is 8.78. The molecule has 0 aromatic carbocycles. The van der Waals surface area contributed by atoms with E-state index in [1.54, 1.807) is 0 Å². The standard InChI is InChI=1S/C11H19F2N/c1-10(4-2-3-5-10)8-14-9-6-11(12,13)7-9/h9,14H,2-8H2,1H3. The lowest BCUT2D eigenvalue weighted by Gasteiger charge is -2.37. The van der Waals surface area contributed by atoms with Crippen molar-refractivity contribution < 1.29 is 8.78 Å². The molecule has 0 amide bonds. The monoisotopic (exact) mass is 203 g/mol. The SMILES string of the molecule is CC1(CNC2CC(F)(F)C2)CCCC1. The molecule has 14 heavy (non-hydrogen) atoms. The van der Waals surface area contributed by atoms with Crippen molar-refractivity contribution in [2.24, 2.45) is 5.41 Å². The van der Waals surface area contributed by atoms with E-state index in [0.717, 1.165) is 6.54 Å². The van der Waals surface area contributed by atoms with Gasteiger partial charge in [-0.2, -0.15) is 0 Å².